The first-order valence-electron chi connectivity index (χ1n) is 6.18. The van der Waals surface area contributed by atoms with E-state index in [2.05, 4.69) is 0 Å². The van der Waals surface area contributed by atoms with Gasteiger partial charge in [-0.05, 0) is 24.6 Å². The van der Waals surface area contributed by atoms with Gasteiger partial charge in [-0.2, -0.15) is 5.26 Å². The number of anilines is 1. The minimum absolute atomic E-state index is 0.321. The summed E-state index contributed by atoms with van der Waals surface area (Å²) < 4.78 is 19.0. The van der Waals surface area contributed by atoms with Gasteiger partial charge in [-0.25, -0.2) is 4.39 Å². The Balaban J connectivity index is 2.91. The van der Waals surface area contributed by atoms with Crippen LogP contribution in [0, 0.1) is 17.1 Å². The van der Waals surface area contributed by atoms with Crippen LogP contribution in [0.15, 0.2) is 18.2 Å². The van der Waals surface area contributed by atoms with E-state index in [4.69, 9.17) is 10.00 Å². The third-order valence-corrected chi connectivity index (χ3v) is 2.85. The molecule has 0 bridgehead atoms. The molecular weight excluding hydrogens is 247 g/mol. The molecule has 0 saturated heterocycles. The Kier molecular flexibility index (Phi) is 6.26. The average molecular weight is 266 g/mol. The Hall–Kier alpha value is -1.64. The van der Waals surface area contributed by atoms with Crippen LogP contribution >= 0.6 is 0 Å². The van der Waals surface area contributed by atoms with Crippen molar-refractivity contribution in [1.29, 1.82) is 5.26 Å². The highest BCUT2D eigenvalue weighted by atomic mass is 19.1. The van der Waals surface area contributed by atoms with Gasteiger partial charge >= 0.3 is 0 Å². The molecule has 4 nitrogen and oxygen atoms in total. The summed E-state index contributed by atoms with van der Waals surface area (Å²) >= 11 is 0. The van der Waals surface area contributed by atoms with Crippen molar-refractivity contribution < 1.29 is 14.2 Å². The molecule has 0 aliphatic rings. The maximum absolute atomic E-state index is 14.0. The second kappa shape index (κ2) is 7.72. The zero-order valence-corrected chi connectivity index (χ0v) is 11.3. The van der Waals surface area contributed by atoms with Crippen molar-refractivity contribution in [2.45, 2.75) is 19.4 Å². The number of methoxy groups -OCH3 is 1. The Morgan fingerprint density at radius 1 is 1.47 bits per heavy atom. The molecule has 5 heteroatoms. The first-order chi connectivity index (χ1) is 9.10. The molecule has 1 aromatic rings. The second-order valence-electron chi connectivity index (χ2n) is 4.27. The molecule has 1 aromatic carbocycles. The van der Waals surface area contributed by atoms with Crippen LogP contribution in [0.25, 0.3) is 0 Å². The molecule has 0 amide bonds. The maximum atomic E-state index is 14.0. The largest absolute Gasteiger partial charge is 0.389 e. The average Bonchev–Trinajstić information content (AvgIpc) is 2.39. The highest BCUT2D eigenvalue weighted by Crippen LogP contribution is 2.23. The van der Waals surface area contributed by atoms with Crippen molar-refractivity contribution in [2.75, 3.05) is 31.7 Å². The lowest BCUT2D eigenvalue weighted by Crippen LogP contribution is -2.29. The number of benzene rings is 1. The van der Waals surface area contributed by atoms with E-state index in [9.17, 15) is 9.50 Å². The van der Waals surface area contributed by atoms with Crippen LogP contribution in [0.5, 0.6) is 0 Å². The molecule has 0 aromatic heterocycles. The molecule has 1 N–H and O–H groups in total. The van der Waals surface area contributed by atoms with Gasteiger partial charge in [-0.3, -0.25) is 0 Å². The molecule has 0 saturated carbocycles. The third-order valence-electron chi connectivity index (χ3n) is 2.85. The van der Waals surface area contributed by atoms with Crippen LogP contribution in [-0.4, -0.2) is 31.9 Å². The molecule has 0 spiro atoms. The minimum Gasteiger partial charge on any atom is -0.389 e. The fourth-order valence-electron chi connectivity index (χ4n) is 1.78. The molecule has 1 atom stereocenters. The monoisotopic (exact) mass is 266 g/mol. The number of hydrogen-bond acceptors (Lipinski definition) is 4. The topological polar surface area (TPSA) is 56.5 Å². The van der Waals surface area contributed by atoms with E-state index in [1.165, 1.54) is 6.07 Å². The van der Waals surface area contributed by atoms with E-state index in [1.54, 1.807) is 31.1 Å². The Bertz CT molecular complexity index is 444. The molecule has 0 unspecified atom stereocenters. The minimum atomic E-state index is -0.699. The molecule has 0 heterocycles. The lowest BCUT2D eigenvalue weighted by atomic mass is 10.1. The van der Waals surface area contributed by atoms with Crippen LogP contribution in [0.1, 0.15) is 25.0 Å². The van der Waals surface area contributed by atoms with Crippen molar-refractivity contribution in [3.63, 3.8) is 0 Å². The standard InChI is InChI=1S/C14H19FN2O2/c1-11(18)12-4-5-14(13(15)10-12)17(7-3-6-16)8-9-19-2/h4-5,10-11,18H,3,7-9H2,1-2H3/t11-/m0/s1. The second-order valence-corrected chi connectivity index (χ2v) is 4.27. The predicted molar refractivity (Wildman–Crippen MR) is 71.4 cm³/mol. The lowest BCUT2D eigenvalue weighted by Gasteiger charge is -2.24. The first kappa shape index (κ1) is 15.4. The smallest absolute Gasteiger partial charge is 0.146 e. The Morgan fingerprint density at radius 3 is 2.74 bits per heavy atom. The van der Waals surface area contributed by atoms with Gasteiger partial charge in [-0.1, -0.05) is 6.07 Å². The molecule has 0 aliphatic heterocycles. The van der Waals surface area contributed by atoms with E-state index in [1.807, 2.05) is 6.07 Å². The van der Waals surface area contributed by atoms with E-state index in [0.29, 0.717) is 37.4 Å². The summed E-state index contributed by atoms with van der Waals surface area (Å²) in [5, 5.41) is 18.1. The zero-order valence-electron chi connectivity index (χ0n) is 11.3. The maximum Gasteiger partial charge on any atom is 0.146 e. The van der Waals surface area contributed by atoms with Gasteiger partial charge in [0, 0.05) is 20.2 Å². The van der Waals surface area contributed by atoms with Gasteiger partial charge in [0.25, 0.3) is 0 Å². The van der Waals surface area contributed by atoms with E-state index in [-0.39, 0.29) is 0 Å². The highest BCUT2D eigenvalue weighted by Gasteiger charge is 2.13. The molecule has 104 valence electrons. The van der Waals surface area contributed by atoms with Crippen molar-refractivity contribution in [3.8, 4) is 6.07 Å². The van der Waals surface area contributed by atoms with Crippen LogP contribution < -0.4 is 4.90 Å². The number of aliphatic hydroxyl groups excluding tert-OH is 1. The normalized spacial score (nSPS) is 11.9. The van der Waals surface area contributed by atoms with Gasteiger partial charge < -0.3 is 14.7 Å². The summed E-state index contributed by atoms with van der Waals surface area (Å²) in [6, 6.07) is 6.69. The molecule has 1 rings (SSSR count). The third kappa shape index (κ3) is 4.51. The fourth-order valence-corrected chi connectivity index (χ4v) is 1.78. The Morgan fingerprint density at radius 2 is 2.21 bits per heavy atom. The number of rotatable bonds is 7. The number of halogens is 1. The fraction of sp³-hybridized carbons (Fsp3) is 0.500. The Labute approximate surface area is 113 Å². The van der Waals surface area contributed by atoms with Gasteiger partial charge in [0.2, 0.25) is 0 Å². The van der Waals surface area contributed by atoms with E-state index in [0.717, 1.165) is 0 Å². The van der Waals surface area contributed by atoms with Crippen molar-refractivity contribution >= 4 is 5.69 Å². The lowest BCUT2D eigenvalue weighted by molar-refractivity contribution is 0.198. The molecule has 0 radical (unpaired) electrons. The summed E-state index contributed by atoms with van der Waals surface area (Å²) in [7, 11) is 1.58. The van der Waals surface area contributed by atoms with Gasteiger partial charge in [-0.15, -0.1) is 0 Å². The van der Waals surface area contributed by atoms with Gasteiger partial charge in [0.1, 0.15) is 5.82 Å². The molecule has 0 aliphatic carbocycles. The number of aliphatic hydroxyl groups is 1. The summed E-state index contributed by atoms with van der Waals surface area (Å²) in [5.41, 5.74) is 0.963. The van der Waals surface area contributed by atoms with Crippen molar-refractivity contribution in [1.82, 2.24) is 0 Å². The number of nitriles is 1. The summed E-state index contributed by atoms with van der Waals surface area (Å²) in [6.07, 6.45) is -0.378. The molecule has 0 fully saturated rings. The SMILES string of the molecule is COCCN(CCC#N)c1ccc([C@H](C)O)cc1F. The number of hydrogen-bond donors (Lipinski definition) is 1. The summed E-state index contributed by atoms with van der Waals surface area (Å²) in [4.78, 5) is 1.77. The van der Waals surface area contributed by atoms with Crippen molar-refractivity contribution in [3.05, 3.63) is 29.6 Å². The van der Waals surface area contributed by atoms with Gasteiger partial charge in [0.05, 0.1) is 30.9 Å². The molecular formula is C14H19FN2O2. The number of nitrogens with zero attached hydrogens (tertiary/aromatic N) is 2. The van der Waals surface area contributed by atoms with Crippen LogP contribution in [0.4, 0.5) is 10.1 Å². The van der Waals surface area contributed by atoms with Crippen LogP contribution in [0.3, 0.4) is 0 Å². The predicted octanol–water partition coefficient (Wildman–Crippen LogP) is 2.25. The highest BCUT2D eigenvalue weighted by molar-refractivity contribution is 5.49. The quantitative estimate of drug-likeness (QED) is 0.822. The zero-order chi connectivity index (χ0) is 14.3. The van der Waals surface area contributed by atoms with Crippen LogP contribution in [-0.2, 0) is 4.74 Å². The van der Waals surface area contributed by atoms with Gasteiger partial charge in [0.15, 0.2) is 0 Å². The van der Waals surface area contributed by atoms with Crippen molar-refractivity contribution in [2.24, 2.45) is 0 Å². The van der Waals surface area contributed by atoms with Crippen LogP contribution in [0.2, 0.25) is 0 Å². The van der Waals surface area contributed by atoms with E-state index < -0.39 is 11.9 Å². The molecule has 19 heavy (non-hydrogen) atoms. The first-order valence-corrected chi connectivity index (χ1v) is 6.18. The van der Waals surface area contributed by atoms with E-state index >= 15 is 0 Å². The summed E-state index contributed by atoms with van der Waals surface area (Å²) in [6.45, 7) is 3.02. The summed E-state index contributed by atoms with van der Waals surface area (Å²) in [5.74, 6) is -0.396. The number of ether oxygens (including phenoxy) is 1.